The first-order valence-electron chi connectivity index (χ1n) is 8.86. The molecule has 0 fully saturated rings. The van der Waals surface area contributed by atoms with Crippen LogP contribution in [0.15, 0.2) is 65.1 Å². The van der Waals surface area contributed by atoms with Crippen LogP contribution in [0.5, 0.6) is 0 Å². The molecule has 4 aromatic rings. The van der Waals surface area contributed by atoms with Gasteiger partial charge in [-0.1, -0.05) is 24.3 Å². The number of carbonyl (C=O) groups is 1. The molecule has 1 amide bonds. The molecule has 0 aliphatic heterocycles. The van der Waals surface area contributed by atoms with Crippen molar-refractivity contribution in [3.63, 3.8) is 0 Å². The number of nitrogens with one attached hydrogen (secondary N) is 1. The molecule has 4 nitrogen and oxygen atoms in total. The molecule has 0 saturated heterocycles. The fourth-order valence-corrected chi connectivity index (χ4v) is 3.02. The van der Waals surface area contributed by atoms with Crippen LogP contribution < -0.4 is 5.32 Å². The summed E-state index contributed by atoms with van der Waals surface area (Å²) in [6.07, 6.45) is 0. The summed E-state index contributed by atoms with van der Waals surface area (Å²) in [6.45, 7) is 6.06. The molecule has 1 N–H and O–H groups in total. The highest BCUT2D eigenvalue weighted by molar-refractivity contribution is 6.05. The number of carbonyl (C=O) groups excluding carboxylic acids is 1. The Balaban J connectivity index is 1.62. The number of amides is 1. The highest BCUT2D eigenvalue weighted by atomic mass is 16.3. The molecule has 1 aromatic heterocycles. The molecule has 0 radical (unpaired) electrons. The van der Waals surface area contributed by atoms with Crippen molar-refractivity contribution in [1.82, 2.24) is 4.98 Å². The number of oxazole rings is 1. The van der Waals surface area contributed by atoms with E-state index >= 15 is 0 Å². The second-order valence-electron chi connectivity index (χ2n) is 6.77. The van der Waals surface area contributed by atoms with E-state index in [0.717, 1.165) is 22.2 Å². The first-order chi connectivity index (χ1) is 13.0. The van der Waals surface area contributed by atoms with Crippen molar-refractivity contribution in [1.29, 1.82) is 0 Å². The minimum absolute atomic E-state index is 0.143. The summed E-state index contributed by atoms with van der Waals surface area (Å²) in [6, 6.07) is 19.2. The van der Waals surface area contributed by atoms with Crippen LogP contribution in [0.2, 0.25) is 0 Å². The largest absolute Gasteiger partial charge is 0.436 e. The Hall–Kier alpha value is -3.40. The van der Waals surface area contributed by atoms with Gasteiger partial charge in [0.05, 0.1) is 0 Å². The second kappa shape index (κ2) is 6.72. The Labute approximate surface area is 157 Å². The van der Waals surface area contributed by atoms with Crippen molar-refractivity contribution in [2.45, 2.75) is 20.8 Å². The SMILES string of the molecule is Cc1ccc(C(=O)Nc2ccc3nc(-c4ccccc4C)oc3c2)cc1C. The van der Waals surface area contributed by atoms with Crippen molar-refractivity contribution in [2.75, 3.05) is 5.32 Å². The lowest BCUT2D eigenvalue weighted by Crippen LogP contribution is -2.12. The van der Waals surface area contributed by atoms with Gasteiger partial charge >= 0.3 is 0 Å². The molecule has 4 rings (SSSR count). The summed E-state index contributed by atoms with van der Waals surface area (Å²) in [5.74, 6) is 0.442. The number of nitrogens with zero attached hydrogens (tertiary/aromatic N) is 1. The van der Waals surface area contributed by atoms with Crippen LogP contribution >= 0.6 is 0 Å². The van der Waals surface area contributed by atoms with Gasteiger partial charge in [-0.2, -0.15) is 0 Å². The Morgan fingerprint density at radius 2 is 1.70 bits per heavy atom. The van der Waals surface area contributed by atoms with Gasteiger partial charge in [-0.15, -0.1) is 0 Å². The van der Waals surface area contributed by atoms with E-state index in [9.17, 15) is 4.79 Å². The van der Waals surface area contributed by atoms with Crippen molar-refractivity contribution >= 4 is 22.7 Å². The molecular weight excluding hydrogens is 336 g/mol. The maximum Gasteiger partial charge on any atom is 0.255 e. The van der Waals surface area contributed by atoms with Crippen molar-refractivity contribution in [3.8, 4) is 11.5 Å². The molecule has 0 spiro atoms. The van der Waals surface area contributed by atoms with Gasteiger partial charge < -0.3 is 9.73 Å². The normalized spacial score (nSPS) is 10.9. The van der Waals surface area contributed by atoms with Gasteiger partial charge in [0.1, 0.15) is 5.52 Å². The quantitative estimate of drug-likeness (QED) is 0.514. The van der Waals surface area contributed by atoms with Gasteiger partial charge in [0.25, 0.3) is 5.91 Å². The molecule has 4 heteroatoms. The molecule has 0 atom stereocenters. The third-order valence-electron chi connectivity index (χ3n) is 4.79. The number of anilines is 1. The lowest BCUT2D eigenvalue weighted by molar-refractivity contribution is 0.102. The highest BCUT2D eigenvalue weighted by Crippen LogP contribution is 2.28. The maximum atomic E-state index is 12.5. The molecule has 134 valence electrons. The molecule has 3 aromatic carbocycles. The Kier molecular flexibility index (Phi) is 4.24. The molecule has 0 saturated carbocycles. The molecule has 0 unspecified atom stereocenters. The number of aryl methyl sites for hydroxylation is 3. The smallest absolute Gasteiger partial charge is 0.255 e. The fourth-order valence-electron chi connectivity index (χ4n) is 3.02. The van der Waals surface area contributed by atoms with E-state index in [2.05, 4.69) is 10.3 Å². The number of aromatic nitrogens is 1. The number of hydrogen-bond donors (Lipinski definition) is 1. The fraction of sp³-hybridized carbons (Fsp3) is 0.130. The average Bonchev–Trinajstić information content (AvgIpc) is 3.07. The van der Waals surface area contributed by atoms with Gasteiger partial charge in [-0.05, 0) is 67.8 Å². The average molecular weight is 356 g/mol. The first-order valence-corrected chi connectivity index (χ1v) is 8.86. The number of benzene rings is 3. The van der Waals surface area contributed by atoms with Gasteiger partial charge in [0, 0.05) is 22.9 Å². The van der Waals surface area contributed by atoms with Crippen LogP contribution in [0, 0.1) is 20.8 Å². The third-order valence-corrected chi connectivity index (χ3v) is 4.79. The maximum absolute atomic E-state index is 12.5. The second-order valence-corrected chi connectivity index (χ2v) is 6.77. The summed E-state index contributed by atoms with van der Waals surface area (Å²) in [5, 5.41) is 2.93. The van der Waals surface area contributed by atoms with Gasteiger partial charge in [0.2, 0.25) is 5.89 Å². The molecular formula is C23H20N2O2. The molecule has 27 heavy (non-hydrogen) atoms. The summed E-state index contributed by atoms with van der Waals surface area (Å²) < 4.78 is 5.94. The Bertz CT molecular complexity index is 1160. The van der Waals surface area contributed by atoms with E-state index in [1.807, 2.05) is 81.4 Å². The van der Waals surface area contributed by atoms with Crippen LogP contribution in [0.4, 0.5) is 5.69 Å². The van der Waals surface area contributed by atoms with Crippen molar-refractivity contribution in [3.05, 3.63) is 82.9 Å². The van der Waals surface area contributed by atoms with Crippen LogP contribution in [-0.4, -0.2) is 10.9 Å². The zero-order valence-electron chi connectivity index (χ0n) is 15.5. The van der Waals surface area contributed by atoms with E-state index < -0.39 is 0 Å². The van der Waals surface area contributed by atoms with Crippen LogP contribution in [0.1, 0.15) is 27.0 Å². The van der Waals surface area contributed by atoms with Crippen LogP contribution in [0.3, 0.4) is 0 Å². The number of fused-ring (bicyclic) bond motifs is 1. The topological polar surface area (TPSA) is 55.1 Å². The predicted octanol–water partition coefficient (Wildman–Crippen LogP) is 5.67. The van der Waals surface area contributed by atoms with Crippen molar-refractivity contribution < 1.29 is 9.21 Å². The minimum Gasteiger partial charge on any atom is -0.436 e. The number of rotatable bonds is 3. The number of hydrogen-bond acceptors (Lipinski definition) is 3. The highest BCUT2D eigenvalue weighted by Gasteiger charge is 2.12. The van der Waals surface area contributed by atoms with E-state index in [4.69, 9.17) is 4.42 Å². The lowest BCUT2D eigenvalue weighted by atomic mass is 10.1. The monoisotopic (exact) mass is 356 g/mol. The zero-order chi connectivity index (χ0) is 19.0. The third kappa shape index (κ3) is 3.34. The van der Waals surface area contributed by atoms with E-state index in [-0.39, 0.29) is 5.91 Å². The van der Waals surface area contributed by atoms with Gasteiger partial charge in [-0.25, -0.2) is 4.98 Å². The molecule has 0 aliphatic rings. The van der Waals surface area contributed by atoms with Crippen LogP contribution in [0.25, 0.3) is 22.6 Å². The summed E-state index contributed by atoms with van der Waals surface area (Å²) in [4.78, 5) is 17.1. The van der Waals surface area contributed by atoms with E-state index in [1.165, 1.54) is 5.56 Å². The van der Waals surface area contributed by atoms with E-state index in [0.29, 0.717) is 22.7 Å². The molecule has 0 aliphatic carbocycles. The minimum atomic E-state index is -0.143. The van der Waals surface area contributed by atoms with Crippen LogP contribution in [-0.2, 0) is 0 Å². The summed E-state index contributed by atoms with van der Waals surface area (Å²) >= 11 is 0. The van der Waals surface area contributed by atoms with Gasteiger partial charge in [0.15, 0.2) is 5.58 Å². The van der Waals surface area contributed by atoms with Gasteiger partial charge in [-0.3, -0.25) is 4.79 Å². The van der Waals surface area contributed by atoms with E-state index in [1.54, 1.807) is 0 Å². The zero-order valence-corrected chi connectivity index (χ0v) is 15.5. The summed E-state index contributed by atoms with van der Waals surface area (Å²) in [5.41, 5.74) is 7.05. The summed E-state index contributed by atoms with van der Waals surface area (Å²) in [7, 11) is 0. The molecule has 0 bridgehead atoms. The molecule has 1 heterocycles. The standard InChI is InChI=1S/C23H20N2O2/c1-14-8-9-17(12-16(14)3)22(26)24-18-10-11-20-21(13-18)27-23(25-20)19-7-5-4-6-15(19)2/h4-13H,1-3H3,(H,24,26). The Morgan fingerprint density at radius 1 is 0.889 bits per heavy atom. The van der Waals surface area contributed by atoms with Crippen molar-refractivity contribution in [2.24, 2.45) is 0 Å². The first kappa shape index (κ1) is 17.0. The predicted molar refractivity (Wildman–Crippen MR) is 108 cm³/mol. The lowest BCUT2D eigenvalue weighted by Gasteiger charge is -2.07. The Morgan fingerprint density at radius 3 is 2.48 bits per heavy atom.